The van der Waals surface area contributed by atoms with Gasteiger partial charge in [-0.2, -0.15) is 0 Å². The summed E-state index contributed by atoms with van der Waals surface area (Å²) in [4.78, 5) is 2.48. The number of likely N-dealkylation sites (N-methyl/N-ethyl adjacent to an activating group) is 1. The van der Waals surface area contributed by atoms with Gasteiger partial charge in [0.05, 0.1) is 6.61 Å². The van der Waals surface area contributed by atoms with Gasteiger partial charge >= 0.3 is 0 Å². The third-order valence-electron chi connectivity index (χ3n) is 3.87. The molecular weight excluding hydrogens is 212 g/mol. The first-order valence-electron chi connectivity index (χ1n) is 7.32. The molecule has 0 aromatic rings. The van der Waals surface area contributed by atoms with Crippen LogP contribution in [0.3, 0.4) is 0 Å². The van der Waals surface area contributed by atoms with E-state index in [1.165, 1.54) is 32.2 Å². The van der Waals surface area contributed by atoms with Crippen LogP contribution in [-0.4, -0.2) is 48.3 Å². The molecule has 0 aromatic carbocycles. The van der Waals surface area contributed by atoms with E-state index < -0.39 is 0 Å². The summed E-state index contributed by atoms with van der Waals surface area (Å²) >= 11 is 0. The summed E-state index contributed by atoms with van der Waals surface area (Å²) in [6.45, 7) is 10.3. The Morgan fingerprint density at radius 1 is 1.18 bits per heavy atom. The maximum atomic E-state index is 9.41. The van der Waals surface area contributed by atoms with Gasteiger partial charge in [0.25, 0.3) is 0 Å². The lowest BCUT2D eigenvalue weighted by molar-refractivity contribution is 0.166. The predicted molar refractivity (Wildman–Crippen MR) is 73.2 cm³/mol. The molecule has 1 atom stereocenters. The summed E-state index contributed by atoms with van der Waals surface area (Å²) in [7, 11) is 0. The van der Waals surface area contributed by atoms with E-state index in [2.05, 4.69) is 31.0 Å². The van der Waals surface area contributed by atoms with Crippen LogP contribution in [0.15, 0.2) is 0 Å². The van der Waals surface area contributed by atoms with Gasteiger partial charge in [-0.1, -0.05) is 33.6 Å². The molecule has 0 aromatic heterocycles. The fourth-order valence-electron chi connectivity index (χ4n) is 2.30. The molecular formula is C14H30N2O. The molecule has 1 aliphatic carbocycles. The Bertz CT molecular complexity index is 191. The second-order valence-corrected chi connectivity index (χ2v) is 5.36. The van der Waals surface area contributed by atoms with Gasteiger partial charge in [0.15, 0.2) is 0 Å². The highest BCUT2D eigenvalue weighted by molar-refractivity contribution is 4.86. The van der Waals surface area contributed by atoms with E-state index in [-0.39, 0.29) is 12.6 Å². The molecule has 17 heavy (non-hydrogen) atoms. The molecule has 0 amide bonds. The molecule has 2 N–H and O–H groups in total. The molecule has 1 fully saturated rings. The summed E-state index contributed by atoms with van der Waals surface area (Å²) in [5.74, 6) is 0.801. The molecule has 3 heteroatoms. The SMILES string of the molecule is CCC(CC)CN(CC)CC(CO)NC1CC1. The molecule has 0 bridgehead atoms. The van der Waals surface area contributed by atoms with E-state index in [4.69, 9.17) is 0 Å². The average Bonchev–Trinajstić information content (AvgIpc) is 3.16. The maximum Gasteiger partial charge on any atom is 0.0597 e. The summed E-state index contributed by atoms with van der Waals surface area (Å²) in [6.07, 6.45) is 5.09. The van der Waals surface area contributed by atoms with E-state index in [1.807, 2.05) is 0 Å². The Balaban J connectivity index is 2.31. The van der Waals surface area contributed by atoms with Crippen molar-refractivity contribution in [1.29, 1.82) is 0 Å². The van der Waals surface area contributed by atoms with Crippen LogP contribution in [0.2, 0.25) is 0 Å². The lowest BCUT2D eigenvalue weighted by atomic mass is 10.0. The number of hydrogen-bond donors (Lipinski definition) is 2. The summed E-state index contributed by atoms with van der Waals surface area (Å²) in [6, 6.07) is 0.941. The van der Waals surface area contributed by atoms with Crippen LogP contribution in [-0.2, 0) is 0 Å². The number of aliphatic hydroxyl groups is 1. The minimum absolute atomic E-state index is 0.260. The van der Waals surface area contributed by atoms with Crippen LogP contribution in [0.4, 0.5) is 0 Å². The highest BCUT2D eigenvalue weighted by atomic mass is 16.3. The zero-order valence-electron chi connectivity index (χ0n) is 11.8. The minimum Gasteiger partial charge on any atom is -0.395 e. The van der Waals surface area contributed by atoms with E-state index in [0.29, 0.717) is 6.04 Å². The second kappa shape index (κ2) is 8.06. The molecule has 0 heterocycles. The van der Waals surface area contributed by atoms with Crippen molar-refractivity contribution in [2.24, 2.45) is 5.92 Å². The Hall–Kier alpha value is -0.120. The molecule has 1 aliphatic rings. The van der Waals surface area contributed by atoms with Crippen molar-refractivity contribution in [2.75, 3.05) is 26.2 Å². The lowest BCUT2D eigenvalue weighted by Crippen LogP contribution is -2.45. The van der Waals surface area contributed by atoms with Gasteiger partial charge in [-0.25, -0.2) is 0 Å². The van der Waals surface area contributed by atoms with Crippen LogP contribution in [0, 0.1) is 5.92 Å². The molecule has 1 unspecified atom stereocenters. The summed E-state index contributed by atoms with van der Waals surface area (Å²) in [5.41, 5.74) is 0. The molecule has 0 spiro atoms. The van der Waals surface area contributed by atoms with Gasteiger partial charge in [0.2, 0.25) is 0 Å². The normalized spacial score (nSPS) is 18.0. The number of hydrogen-bond acceptors (Lipinski definition) is 3. The maximum absolute atomic E-state index is 9.41. The molecule has 0 aliphatic heterocycles. The number of aliphatic hydroxyl groups excluding tert-OH is 1. The van der Waals surface area contributed by atoms with Gasteiger partial charge in [-0.3, -0.25) is 0 Å². The molecule has 102 valence electrons. The first kappa shape index (κ1) is 14.9. The Morgan fingerprint density at radius 3 is 2.24 bits per heavy atom. The zero-order valence-corrected chi connectivity index (χ0v) is 11.8. The molecule has 1 saturated carbocycles. The number of rotatable bonds is 10. The lowest BCUT2D eigenvalue weighted by Gasteiger charge is -2.29. The van der Waals surface area contributed by atoms with Crippen LogP contribution >= 0.6 is 0 Å². The highest BCUT2D eigenvalue weighted by Crippen LogP contribution is 2.19. The van der Waals surface area contributed by atoms with E-state index in [9.17, 15) is 5.11 Å². The quantitative estimate of drug-likeness (QED) is 0.614. The van der Waals surface area contributed by atoms with Crippen LogP contribution in [0.1, 0.15) is 46.5 Å². The van der Waals surface area contributed by atoms with Crippen molar-refractivity contribution in [3.8, 4) is 0 Å². The molecule has 0 saturated heterocycles. The Labute approximate surface area is 107 Å². The fourth-order valence-corrected chi connectivity index (χ4v) is 2.30. The number of nitrogens with zero attached hydrogens (tertiary/aromatic N) is 1. The first-order chi connectivity index (χ1) is 8.23. The van der Waals surface area contributed by atoms with Crippen molar-refractivity contribution >= 4 is 0 Å². The van der Waals surface area contributed by atoms with Gasteiger partial charge < -0.3 is 15.3 Å². The van der Waals surface area contributed by atoms with E-state index >= 15 is 0 Å². The van der Waals surface area contributed by atoms with E-state index in [0.717, 1.165) is 19.0 Å². The number of nitrogens with one attached hydrogen (secondary N) is 1. The summed E-state index contributed by atoms with van der Waals surface area (Å²) in [5, 5.41) is 12.9. The zero-order chi connectivity index (χ0) is 12.7. The van der Waals surface area contributed by atoms with Gasteiger partial charge in [-0.05, 0) is 25.3 Å². The smallest absolute Gasteiger partial charge is 0.0597 e. The van der Waals surface area contributed by atoms with Crippen molar-refractivity contribution < 1.29 is 5.11 Å². The van der Waals surface area contributed by atoms with Crippen LogP contribution < -0.4 is 5.32 Å². The Kier molecular flexibility index (Phi) is 7.09. The molecule has 1 rings (SSSR count). The highest BCUT2D eigenvalue weighted by Gasteiger charge is 2.25. The largest absolute Gasteiger partial charge is 0.395 e. The van der Waals surface area contributed by atoms with Crippen molar-refractivity contribution in [3.63, 3.8) is 0 Å². The van der Waals surface area contributed by atoms with Gasteiger partial charge in [0.1, 0.15) is 0 Å². The third kappa shape index (κ3) is 5.84. The van der Waals surface area contributed by atoms with Crippen LogP contribution in [0.25, 0.3) is 0 Å². The summed E-state index contributed by atoms with van der Waals surface area (Å²) < 4.78 is 0. The van der Waals surface area contributed by atoms with E-state index in [1.54, 1.807) is 0 Å². The second-order valence-electron chi connectivity index (χ2n) is 5.36. The standard InChI is InChI=1S/C14H30N2O/c1-4-12(5-2)9-16(6-3)10-14(11-17)15-13-7-8-13/h12-15,17H,4-11H2,1-3H3. The molecule has 0 radical (unpaired) electrons. The third-order valence-corrected chi connectivity index (χ3v) is 3.87. The topological polar surface area (TPSA) is 35.5 Å². The van der Waals surface area contributed by atoms with Crippen molar-refractivity contribution in [1.82, 2.24) is 10.2 Å². The van der Waals surface area contributed by atoms with Gasteiger partial charge in [-0.15, -0.1) is 0 Å². The first-order valence-corrected chi connectivity index (χ1v) is 7.32. The Morgan fingerprint density at radius 2 is 1.82 bits per heavy atom. The monoisotopic (exact) mass is 242 g/mol. The van der Waals surface area contributed by atoms with Gasteiger partial charge in [0, 0.05) is 25.2 Å². The van der Waals surface area contributed by atoms with Crippen molar-refractivity contribution in [3.05, 3.63) is 0 Å². The average molecular weight is 242 g/mol. The van der Waals surface area contributed by atoms with Crippen LogP contribution in [0.5, 0.6) is 0 Å². The minimum atomic E-state index is 0.260. The fraction of sp³-hybridized carbons (Fsp3) is 1.00. The van der Waals surface area contributed by atoms with Crippen molar-refractivity contribution in [2.45, 2.75) is 58.5 Å². The molecule has 3 nitrogen and oxygen atoms in total. The predicted octanol–water partition coefficient (Wildman–Crippen LogP) is 1.86.